The van der Waals surface area contributed by atoms with E-state index in [9.17, 15) is 0 Å². The van der Waals surface area contributed by atoms with E-state index in [0.29, 0.717) is 6.54 Å². The van der Waals surface area contributed by atoms with Gasteiger partial charge in [-0.05, 0) is 12.3 Å². The van der Waals surface area contributed by atoms with Crippen LogP contribution in [0.3, 0.4) is 0 Å². The standard InChI is InChI=1S/C8H6N4/c9-3-7-4-12-2-1-8(7,5-10)6-11/h1-2,7,12H,4H2. The van der Waals surface area contributed by atoms with Crippen molar-refractivity contribution in [3.8, 4) is 18.2 Å². The van der Waals surface area contributed by atoms with Crippen molar-refractivity contribution in [2.24, 2.45) is 11.3 Å². The zero-order valence-electron chi connectivity index (χ0n) is 6.28. The fourth-order valence-corrected chi connectivity index (χ4v) is 1.06. The van der Waals surface area contributed by atoms with Crippen LogP contribution in [-0.4, -0.2) is 6.54 Å². The maximum absolute atomic E-state index is 8.74. The van der Waals surface area contributed by atoms with Crippen molar-refractivity contribution in [2.75, 3.05) is 6.54 Å². The summed E-state index contributed by atoms with van der Waals surface area (Å²) in [5.41, 5.74) is -1.26. The summed E-state index contributed by atoms with van der Waals surface area (Å²) in [7, 11) is 0. The van der Waals surface area contributed by atoms with Crippen molar-refractivity contribution in [3.05, 3.63) is 12.3 Å². The summed E-state index contributed by atoms with van der Waals surface area (Å²) in [5, 5.41) is 28.9. The predicted molar refractivity (Wildman–Crippen MR) is 39.9 cm³/mol. The average molecular weight is 158 g/mol. The normalized spacial score (nSPS) is 24.2. The van der Waals surface area contributed by atoms with Crippen LogP contribution >= 0.6 is 0 Å². The van der Waals surface area contributed by atoms with Gasteiger partial charge < -0.3 is 5.32 Å². The number of nitrogens with zero attached hydrogens (tertiary/aromatic N) is 3. The van der Waals surface area contributed by atoms with E-state index in [-0.39, 0.29) is 0 Å². The van der Waals surface area contributed by atoms with Crippen LogP contribution in [0, 0.1) is 45.3 Å². The Bertz CT molecular complexity index is 308. The van der Waals surface area contributed by atoms with Crippen LogP contribution in [-0.2, 0) is 0 Å². The minimum Gasteiger partial charge on any atom is -0.390 e. The maximum Gasteiger partial charge on any atom is 0.180 e. The largest absolute Gasteiger partial charge is 0.390 e. The van der Waals surface area contributed by atoms with Gasteiger partial charge in [0.05, 0.1) is 24.1 Å². The fourth-order valence-electron chi connectivity index (χ4n) is 1.06. The van der Waals surface area contributed by atoms with E-state index in [1.807, 2.05) is 18.2 Å². The molecule has 0 aromatic rings. The summed E-state index contributed by atoms with van der Waals surface area (Å²) in [6, 6.07) is 5.65. The monoisotopic (exact) mass is 158 g/mol. The maximum atomic E-state index is 8.74. The summed E-state index contributed by atoms with van der Waals surface area (Å²) < 4.78 is 0. The number of hydrogen-bond donors (Lipinski definition) is 1. The second-order valence-corrected chi connectivity index (χ2v) is 2.52. The zero-order valence-corrected chi connectivity index (χ0v) is 6.28. The molecular weight excluding hydrogens is 152 g/mol. The van der Waals surface area contributed by atoms with Crippen molar-refractivity contribution >= 4 is 0 Å². The molecule has 4 nitrogen and oxygen atoms in total. The van der Waals surface area contributed by atoms with E-state index in [1.54, 1.807) is 6.20 Å². The first-order valence-electron chi connectivity index (χ1n) is 3.42. The summed E-state index contributed by atoms with van der Waals surface area (Å²) in [6.07, 6.45) is 2.98. The molecule has 1 heterocycles. The SMILES string of the molecule is N#CC1CNC=CC1(C#N)C#N. The fraction of sp³-hybridized carbons (Fsp3) is 0.375. The van der Waals surface area contributed by atoms with Crippen LogP contribution in [0.1, 0.15) is 0 Å². The van der Waals surface area contributed by atoms with Gasteiger partial charge in [0.25, 0.3) is 0 Å². The number of nitriles is 3. The van der Waals surface area contributed by atoms with Crippen LogP contribution in [0.5, 0.6) is 0 Å². The molecular formula is C8H6N4. The molecule has 1 aliphatic rings. The van der Waals surface area contributed by atoms with Gasteiger partial charge in [-0.15, -0.1) is 0 Å². The number of rotatable bonds is 0. The Morgan fingerprint density at radius 3 is 2.42 bits per heavy atom. The molecule has 4 heteroatoms. The van der Waals surface area contributed by atoms with Crippen molar-refractivity contribution in [1.82, 2.24) is 5.32 Å². The van der Waals surface area contributed by atoms with Crippen LogP contribution in [0.4, 0.5) is 0 Å². The third-order valence-corrected chi connectivity index (χ3v) is 1.86. The number of hydrogen-bond acceptors (Lipinski definition) is 4. The van der Waals surface area contributed by atoms with E-state index < -0.39 is 11.3 Å². The second-order valence-electron chi connectivity index (χ2n) is 2.52. The van der Waals surface area contributed by atoms with E-state index in [1.165, 1.54) is 6.08 Å². The third-order valence-electron chi connectivity index (χ3n) is 1.86. The lowest BCUT2D eigenvalue weighted by Gasteiger charge is -2.23. The first-order chi connectivity index (χ1) is 5.79. The van der Waals surface area contributed by atoms with Crippen LogP contribution in [0.25, 0.3) is 0 Å². The molecule has 1 unspecified atom stereocenters. The molecule has 0 fully saturated rings. The third kappa shape index (κ3) is 0.983. The van der Waals surface area contributed by atoms with E-state index >= 15 is 0 Å². The molecule has 0 spiro atoms. The smallest absolute Gasteiger partial charge is 0.180 e. The van der Waals surface area contributed by atoms with Gasteiger partial charge in [-0.3, -0.25) is 0 Å². The van der Waals surface area contributed by atoms with Crippen LogP contribution in [0.15, 0.2) is 12.3 Å². The lowest BCUT2D eigenvalue weighted by Crippen LogP contribution is -2.36. The van der Waals surface area contributed by atoms with Gasteiger partial charge in [0.2, 0.25) is 0 Å². The van der Waals surface area contributed by atoms with Crippen molar-refractivity contribution < 1.29 is 0 Å². The molecule has 1 rings (SSSR count). The van der Waals surface area contributed by atoms with Gasteiger partial charge in [-0.1, -0.05) is 0 Å². The Morgan fingerprint density at radius 1 is 1.33 bits per heavy atom. The van der Waals surface area contributed by atoms with E-state index in [0.717, 1.165) is 0 Å². The topological polar surface area (TPSA) is 83.4 Å². The summed E-state index contributed by atoms with van der Waals surface area (Å²) in [5.74, 6) is -0.586. The summed E-state index contributed by atoms with van der Waals surface area (Å²) >= 11 is 0. The molecule has 58 valence electrons. The predicted octanol–water partition coefficient (Wildman–Crippen LogP) is 0.277. The van der Waals surface area contributed by atoms with Crippen LogP contribution in [0.2, 0.25) is 0 Å². The first kappa shape index (κ1) is 8.11. The zero-order chi connectivity index (χ0) is 9.03. The molecule has 0 saturated carbocycles. The average Bonchev–Trinajstić information content (AvgIpc) is 2.17. The number of allylic oxidation sites excluding steroid dienone is 1. The van der Waals surface area contributed by atoms with Gasteiger partial charge in [0.15, 0.2) is 5.41 Å². The van der Waals surface area contributed by atoms with Gasteiger partial charge in [-0.2, -0.15) is 15.8 Å². The molecule has 0 saturated heterocycles. The van der Waals surface area contributed by atoms with Crippen LogP contribution < -0.4 is 5.32 Å². The summed E-state index contributed by atoms with van der Waals surface area (Å²) in [4.78, 5) is 0. The second kappa shape index (κ2) is 2.95. The molecule has 0 aromatic heterocycles. The molecule has 0 amide bonds. The van der Waals surface area contributed by atoms with Gasteiger partial charge in [0.1, 0.15) is 0 Å². The van der Waals surface area contributed by atoms with Crippen molar-refractivity contribution in [3.63, 3.8) is 0 Å². The minimum absolute atomic E-state index is 0.355. The minimum atomic E-state index is -1.26. The van der Waals surface area contributed by atoms with Crippen molar-refractivity contribution in [2.45, 2.75) is 0 Å². The van der Waals surface area contributed by atoms with Crippen molar-refractivity contribution in [1.29, 1.82) is 15.8 Å². The highest BCUT2D eigenvalue weighted by atomic mass is 14.9. The van der Waals surface area contributed by atoms with Gasteiger partial charge in [0, 0.05) is 6.54 Å². The highest BCUT2D eigenvalue weighted by molar-refractivity contribution is 5.31. The molecule has 0 aliphatic carbocycles. The molecule has 1 N–H and O–H groups in total. The van der Waals surface area contributed by atoms with Gasteiger partial charge >= 0.3 is 0 Å². The van der Waals surface area contributed by atoms with Gasteiger partial charge in [-0.25, -0.2) is 0 Å². The highest BCUT2D eigenvalue weighted by Gasteiger charge is 2.39. The summed E-state index contributed by atoms with van der Waals surface area (Å²) in [6.45, 7) is 0.355. The lowest BCUT2D eigenvalue weighted by atomic mass is 9.77. The molecule has 1 atom stereocenters. The molecule has 0 bridgehead atoms. The Balaban J connectivity index is 3.10. The van der Waals surface area contributed by atoms with E-state index in [2.05, 4.69) is 5.32 Å². The highest BCUT2D eigenvalue weighted by Crippen LogP contribution is 2.29. The Labute approximate surface area is 70.3 Å². The molecule has 12 heavy (non-hydrogen) atoms. The molecule has 0 aromatic carbocycles. The van der Waals surface area contributed by atoms with E-state index in [4.69, 9.17) is 15.8 Å². The number of nitrogens with one attached hydrogen (secondary N) is 1. The Hall–Kier alpha value is -1.99. The Morgan fingerprint density at radius 2 is 2.00 bits per heavy atom. The molecule has 1 aliphatic heterocycles. The first-order valence-corrected chi connectivity index (χ1v) is 3.42. The lowest BCUT2D eigenvalue weighted by molar-refractivity contribution is 0.440. The molecule has 0 radical (unpaired) electrons. The quantitative estimate of drug-likeness (QED) is 0.548. The Kier molecular flexibility index (Phi) is 1.99.